The van der Waals surface area contributed by atoms with E-state index >= 15 is 0 Å². The summed E-state index contributed by atoms with van der Waals surface area (Å²) in [4.78, 5) is 40.8. The van der Waals surface area contributed by atoms with Gasteiger partial charge in [-0.1, -0.05) is 6.07 Å². The highest BCUT2D eigenvalue weighted by molar-refractivity contribution is 7.54. The van der Waals surface area contributed by atoms with Crippen LogP contribution in [0.15, 0.2) is 24.4 Å². The zero-order valence-electron chi connectivity index (χ0n) is 10.3. The highest BCUT2D eigenvalue weighted by atomic mass is 31.2. The van der Waals surface area contributed by atoms with E-state index in [0.29, 0.717) is 0 Å². The van der Waals surface area contributed by atoms with E-state index in [0.717, 1.165) is 0 Å². The molecule has 0 amide bonds. The van der Waals surface area contributed by atoms with E-state index in [2.05, 4.69) is 10.3 Å². The molecule has 0 aliphatic carbocycles. The molecule has 0 radical (unpaired) electrons. The molecule has 1 atom stereocenters. The summed E-state index contributed by atoms with van der Waals surface area (Å²) >= 11 is 0. The summed E-state index contributed by atoms with van der Waals surface area (Å²) in [5.41, 5.74) is 0.0114. The van der Waals surface area contributed by atoms with E-state index in [1.807, 2.05) is 0 Å². The summed E-state index contributed by atoms with van der Waals surface area (Å²) in [6, 6.07) is 4.46. The highest BCUT2D eigenvalue weighted by Crippen LogP contribution is 2.55. The minimum atomic E-state index is -4.68. The highest BCUT2D eigenvalue weighted by Gasteiger charge is 2.44. The smallest absolute Gasteiger partial charge is 0.323 e. The van der Waals surface area contributed by atoms with Crippen LogP contribution in [-0.2, 0) is 9.13 Å². The lowest BCUT2D eigenvalue weighted by molar-refractivity contribution is 0.295. The molecule has 0 spiro atoms. The molecule has 0 fully saturated rings. The number of nitrogens with one attached hydrogen (secondary N) is 1. The second kappa shape index (κ2) is 5.42. The molecule has 1 aromatic rings. The fraction of sp³-hybridized carbons (Fsp3) is 0.444. The molecule has 0 aromatic carbocycles. The van der Waals surface area contributed by atoms with Crippen LogP contribution in [0.2, 0.25) is 0 Å². The molecule has 10 heteroatoms. The van der Waals surface area contributed by atoms with Crippen molar-refractivity contribution >= 4 is 15.2 Å². The number of pyridine rings is 1. The van der Waals surface area contributed by atoms with E-state index in [4.69, 9.17) is 0 Å². The quantitative estimate of drug-likeness (QED) is 0.502. The van der Waals surface area contributed by atoms with Crippen molar-refractivity contribution in [1.82, 2.24) is 10.3 Å². The topological polar surface area (TPSA) is 140 Å². The van der Waals surface area contributed by atoms with Crippen LogP contribution in [0.5, 0.6) is 0 Å². The lowest BCUT2D eigenvalue weighted by Gasteiger charge is -2.32. The normalized spacial score (nSPS) is 15.3. The van der Waals surface area contributed by atoms with Gasteiger partial charge < -0.3 is 19.6 Å². The van der Waals surface area contributed by atoms with Gasteiger partial charge in [-0.25, -0.2) is 0 Å². The van der Waals surface area contributed by atoms with Crippen LogP contribution in [0.3, 0.4) is 0 Å². The molecule has 0 bridgehead atoms. The molecule has 108 valence electrons. The number of hydrogen-bond donors (Lipinski definition) is 5. The average molecular weight is 310 g/mol. The van der Waals surface area contributed by atoms with Gasteiger partial charge in [0.15, 0.2) is 5.78 Å². The molecule has 0 aliphatic heterocycles. The Balaban J connectivity index is 3.16. The molecule has 1 aromatic heterocycles. The first kappa shape index (κ1) is 16.5. The van der Waals surface area contributed by atoms with Crippen LogP contribution >= 0.6 is 15.2 Å². The maximum Gasteiger partial charge on any atom is 0.348 e. The summed E-state index contributed by atoms with van der Waals surface area (Å²) < 4.78 is 22.8. The first-order valence-corrected chi connectivity index (χ1v) is 8.54. The summed E-state index contributed by atoms with van der Waals surface area (Å²) in [5, 5.41) is 0.505. The summed E-state index contributed by atoms with van der Waals surface area (Å²) in [6.07, 6.45) is 1.34. The largest absolute Gasteiger partial charge is 0.348 e. The predicted octanol–water partition coefficient (Wildman–Crippen LogP) is 0.761. The van der Waals surface area contributed by atoms with Crippen molar-refractivity contribution in [1.29, 1.82) is 0 Å². The van der Waals surface area contributed by atoms with Gasteiger partial charge in [0.05, 0.1) is 5.69 Å². The monoisotopic (exact) mass is 310 g/mol. The van der Waals surface area contributed by atoms with Gasteiger partial charge >= 0.3 is 15.2 Å². The third-order valence-corrected chi connectivity index (χ3v) is 5.17. The van der Waals surface area contributed by atoms with Crippen LogP contribution in [-0.4, -0.2) is 29.8 Å². The molecule has 0 saturated heterocycles. The second-order valence-corrected chi connectivity index (χ2v) is 8.39. The van der Waals surface area contributed by atoms with Crippen molar-refractivity contribution in [3.05, 3.63) is 30.1 Å². The van der Waals surface area contributed by atoms with E-state index in [9.17, 15) is 28.7 Å². The van der Waals surface area contributed by atoms with E-state index < -0.39 is 26.3 Å². The lowest BCUT2D eigenvalue weighted by Crippen LogP contribution is -2.41. The van der Waals surface area contributed by atoms with Gasteiger partial charge in [-0.15, -0.1) is 0 Å². The first-order valence-electron chi connectivity index (χ1n) is 5.24. The van der Waals surface area contributed by atoms with Gasteiger partial charge in [0.25, 0.3) is 0 Å². The van der Waals surface area contributed by atoms with Crippen molar-refractivity contribution in [3.8, 4) is 0 Å². The van der Waals surface area contributed by atoms with Gasteiger partial charge in [0.2, 0.25) is 0 Å². The van der Waals surface area contributed by atoms with Gasteiger partial charge in [-0.05, 0) is 26.0 Å². The van der Waals surface area contributed by atoms with E-state index in [1.54, 1.807) is 6.07 Å². The van der Waals surface area contributed by atoms with Crippen LogP contribution in [0.4, 0.5) is 0 Å². The summed E-state index contributed by atoms with van der Waals surface area (Å²) in [7, 11) is -9.28. The maximum atomic E-state index is 11.5. The van der Waals surface area contributed by atoms with Crippen LogP contribution < -0.4 is 5.32 Å². The van der Waals surface area contributed by atoms with Gasteiger partial charge in [0.1, 0.15) is 5.28 Å². The number of hydrogen-bond acceptors (Lipinski definition) is 4. The third-order valence-electron chi connectivity index (χ3n) is 2.52. The SMILES string of the molecule is CC(C)(NC(c1ccccn1)P(=O)(O)O)P(=O)(O)O. The Labute approximate surface area is 110 Å². The number of nitrogens with zero attached hydrogens (tertiary/aromatic N) is 1. The van der Waals surface area contributed by atoms with Crippen molar-refractivity contribution in [2.75, 3.05) is 0 Å². The average Bonchev–Trinajstić information content (AvgIpc) is 2.24. The molecule has 1 rings (SSSR count). The molecule has 19 heavy (non-hydrogen) atoms. The zero-order chi connectivity index (χ0) is 14.9. The number of rotatable bonds is 5. The van der Waals surface area contributed by atoms with Crippen LogP contribution in [0, 0.1) is 0 Å². The first-order chi connectivity index (χ1) is 8.45. The lowest BCUT2D eigenvalue weighted by atomic mass is 10.3. The van der Waals surface area contributed by atoms with Gasteiger partial charge in [-0.2, -0.15) is 0 Å². The standard InChI is InChI=1S/C9H16N2O6P2/c1-9(2,19(15,16)17)11-8(18(12,13)14)7-5-3-4-6-10-7/h3-6,8,11H,1-2H3,(H2,12,13,14)(H2,15,16,17). The Hall–Kier alpha value is -0.590. The molecule has 0 aliphatic rings. The fourth-order valence-corrected chi connectivity index (χ4v) is 2.67. The molecule has 8 nitrogen and oxygen atoms in total. The summed E-state index contributed by atoms with van der Waals surface area (Å²) in [6.45, 7) is 2.33. The maximum absolute atomic E-state index is 11.5. The fourth-order valence-electron chi connectivity index (χ4n) is 1.29. The molecular weight excluding hydrogens is 294 g/mol. The van der Waals surface area contributed by atoms with Crippen molar-refractivity contribution in [3.63, 3.8) is 0 Å². The Morgan fingerprint density at radius 2 is 1.79 bits per heavy atom. The van der Waals surface area contributed by atoms with Crippen LogP contribution in [0.1, 0.15) is 25.3 Å². The Kier molecular flexibility index (Phi) is 4.70. The Bertz CT molecular complexity index is 523. The van der Waals surface area contributed by atoms with E-state index in [-0.39, 0.29) is 5.69 Å². The summed E-state index contributed by atoms with van der Waals surface area (Å²) in [5.74, 6) is -1.59. The van der Waals surface area contributed by atoms with Gasteiger partial charge in [-0.3, -0.25) is 19.4 Å². The molecule has 1 unspecified atom stereocenters. The minimum Gasteiger partial charge on any atom is -0.323 e. The van der Waals surface area contributed by atoms with Crippen LogP contribution in [0.25, 0.3) is 0 Å². The minimum absolute atomic E-state index is 0.0114. The predicted molar refractivity (Wildman–Crippen MR) is 68.3 cm³/mol. The number of aromatic nitrogens is 1. The molecule has 1 heterocycles. The van der Waals surface area contributed by atoms with Crippen molar-refractivity contribution in [2.24, 2.45) is 0 Å². The third kappa shape index (κ3) is 4.19. The molecular formula is C9H16N2O6P2. The van der Waals surface area contributed by atoms with Crippen molar-refractivity contribution in [2.45, 2.75) is 24.9 Å². The van der Waals surface area contributed by atoms with Gasteiger partial charge in [0, 0.05) is 6.20 Å². The molecule has 5 N–H and O–H groups in total. The Morgan fingerprint density at radius 3 is 2.16 bits per heavy atom. The zero-order valence-corrected chi connectivity index (χ0v) is 12.1. The second-order valence-electron chi connectivity index (χ2n) is 4.49. The Morgan fingerprint density at radius 1 is 1.21 bits per heavy atom. The molecule has 0 saturated carbocycles. The van der Waals surface area contributed by atoms with Crippen molar-refractivity contribution < 1.29 is 28.7 Å². The van der Waals surface area contributed by atoms with E-state index in [1.165, 1.54) is 32.2 Å².